The molecule has 0 spiro atoms. The van der Waals surface area contributed by atoms with E-state index in [4.69, 9.17) is 0 Å². The van der Waals surface area contributed by atoms with Crippen LogP contribution in [-0.4, -0.2) is 0 Å². The summed E-state index contributed by atoms with van der Waals surface area (Å²) < 4.78 is 0. The molecule has 0 aliphatic heterocycles. The number of rotatable bonds is 11. The molecular formula is C47H52N2. The number of allylic oxidation sites excluding steroid dienone is 4. The molecule has 0 aromatic heterocycles. The molecule has 1 aliphatic rings. The minimum atomic E-state index is 0.395. The molecule has 0 amide bonds. The highest BCUT2D eigenvalue weighted by Gasteiger charge is 2.28. The van der Waals surface area contributed by atoms with Crippen LogP contribution in [0.2, 0.25) is 0 Å². The average Bonchev–Trinajstić information content (AvgIpc) is 3.11. The van der Waals surface area contributed by atoms with Crippen LogP contribution in [0.4, 0.5) is 28.4 Å². The summed E-state index contributed by atoms with van der Waals surface area (Å²) in [6.07, 6.45) is 14.9. The third-order valence-corrected chi connectivity index (χ3v) is 9.65. The maximum absolute atomic E-state index is 2.53. The fraction of sp³-hybridized carbons (Fsp3) is 0.277. The molecule has 0 N–H and O–H groups in total. The fourth-order valence-corrected chi connectivity index (χ4v) is 6.94. The standard InChI is InChI=1S/C47H52N2/c1-8-42-43(21-15-16-33(2)3)47(49(39-19-13-10-14-20-39)41-29-24-36(7)25-30-41)45-32-37(34(4)5)26-31-44(45)46(42)48(38-17-11-9-12-18-38)40-27-22-35(6)23-28-40/h9-15,17-22,24-35H,8,16,23H2,1-7H3/b21-15-. The van der Waals surface area contributed by atoms with Gasteiger partial charge in [0.2, 0.25) is 0 Å². The molecule has 1 aliphatic carbocycles. The minimum Gasteiger partial charge on any atom is -0.310 e. The number of nitrogens with zero attached hydrogens (tertiary/aromatic N) is 2. The zero-order chi connectivity index (χ0) is 34.5. The number of anilines is 5. The Kier molecular flexibility index (Phi) is 10.5. The van der Waals surface area contributed by atoms with Crippen LogP contribution in [0.5, 0.6) is 0 Å². The number of aryl methyl sites for hydroxylation is 1. The average molecular weight is 645 g/mol. The number of hydrogen-bond acceptors (Lipinski definition) is 2. The van der Waals surface area contributed by atoms with Crippen LogP contribution in [0.15, 0.2) is 133 Å². The summed E-state index contributed by atoms with van der Waals surface area (Å²) in [5, 5.41) is 2.53. The summed E-state index contributed by atoms with van der Waals surface area (Å²) in [5.74, 6) is 1.50. The number of fused-ring (bicyclic) bond motifs is 1. The molecule has 6 rings (SSSR count). The Labute approximate surface area is 295 Å². The van der Waals surface area contributed by atoms with E-state index in [0.29, 0.717) is 17.8 Å². The zero-order valence-corrected chi connectivity index (χ0v) is 30.4. The van der Waals surface area contributed by atoms with Crippen LogP contribution in [0.3, 0.4) is 0 Å². The van der Waals surface area contributed by atoms with E-state index in [1.165, 1.54) is 55.8 Å². The highest BCUT2D eigenvalue weighted by atomic mass is 15.2. The molecule has 1 unspecified atom stereocenters. The van der Waals surface area contributed by atoms with Crippen molar-refractivity contribution in [1.29, 1.82) is 0 Å². The first kappa shape index (κ1) is 34.1. The second-order valence-corrected chi connectivity index (χ2v) is 14.3. The van der Waals surface area contributed by atoms with Crippen molar-refractivity contribution < 1.29 is 0 Å². The SMILES string of the molecule is CCc1c(/C=C\CC(C)C)c(N(c2ccccc2)c2ccc(C)cc2)c2cc(C(C)C)ccc2c1N(C1=CCC(C)C=C1)c1ccccc1. The molecule has 1 atom stereocenters. The third kappa shape index (κ3) is 7.30. The lowest BCUT2D eigenvalue weighted by Gasteiger charge is -2.36. The highest BCUT2D eigenvalue weighted by Crippen LogP contribution is 2.50. The van der Waals surface area contributed by atoms with Crippen LogP contribution < -0.4 is 9.80 Å². The molecule has 0 radical (unpaired) electrons. The Morgan fingerprint density at radius 2 is 1.37 bits per heavy atom. The van der Waals surface area contributed by atoms with E-state index in [2.05, 4.69) is 192 Å². The molecule has 250 valence electrons. The first-order valence-corrected chi connectivity index (χ1v) is 18.2. The Hall–Kier alpha value is -4.82. The number of hydrogen-bond donors (Lipinski definition) is 0. The summed E-state index contributed by atoms with van der Waals surface area (Å²) in [7, 11) is 0. The first-order valence-electron chi connectivity index (χ1n) is 18.2. The second-order valence-electron chi connectivity index (χ2n) is 14.3. The van der Waals surface area contributed by atoms with Crippen molar-refractivity contribution in [3.63, 3.8) is 0 Å². The normalized spacial score (nSPS) is 14.6. The van der Waals surface area contributed by atoms with Crippen LogP contribution in [0.25, 0.3) is 16.8 Å². The predicted molar refractivity (Wildman–Crippen MR) is 215 cm³/mol. The van der Waals surface area contributed by atoms with Gasteiger partial charge in [-0.05, 0) is 104 Å². The van der Waals surface area contributed by atoms with Crippen molar-refractivity contribution >= 4 is 45.3 Å². The van der Waals surface area contributed by atoms with Gasteiger partial charge in [-0.3, -0.25) is 0 Å². The molecule has 49 heavy (non-hydrogen) atoms. The lowest BCUT2D eigenvalue weighted by molar-refractivity contribution is 0.665. The molecule has 2 heteroatoms. The van der Waals surface area contributed by atoms with Crippen molar-refractivity contribution in [3.8, 4) is 0 Å². The Bertz CT molecular complexity index is 1960. The smallest absolute Gasteiger partial charge is 0.0616 e. The Morgan fingerprint density at radius 1 is 0.735 bits per heavy atom. The van der Waals surface area contributed by atoms with E-state index in [9.17, 15) is 0 Å². The van der Waals surface area contributed by atoms with Gasteiger partial charge < -0.3 is 9.80 Å². The monoisotopic (exact) mass is 644 g/mol. The molecule has 2 nitrogen and oxygen atoms in total. The van der Waals surface area contributed by atoms with Gasteiger partial charge in [-0.1, -0.05) is 132 Å². The summed E-state index contributed by atoms with van der Waals surface area (Å²) in [4.78, 5) is 5.03. The minimum absolute atomic E-state index is 0.395. The van der Waals surface area contributed by atoms with Gasteiger partial charge in [0.1, 0.15) is 0 Å². The maximum Gasteiger partial charge on any atom is 0.0616 e. The molecule has 0 bridgehead atoms. The topological polar surface area (TPSA) is 6.48 Å². The van der Waals surface area contributed by atoms with Crippen LogP contribution >= 0.6 is 0 Å². The molecule has 0 fully saturated rings. The lowest BCUT2D eigenvalue weighted by atomic mass is 9.88. The van der Waals surface area contributed by atoms with Gasteiger partial charge in [-0.2, -0.15) is 0 Å². The Balaban J connectivity index is 1.79. The molecule has 0 heterocycles. The number of para-hydroxylation sites is 2. The molecule has 5 aromatic rings. The quantitative estimate of drug-likeness (QED) is 0.141. The van der Waals surface area contributed by atoms with E-state index in [1.54, 1.807) is 0 Å². The number of benzene rings is 5. The van der Waals surface area contributed by atoms with E-state index >= 15 is 0 Å². The van der Waals surface area contributed by atoms with E-state index < -0.39 is 0 Å². The van der Waals surface area contributed by atoms with Crippen molar-refractivity contribution in [2.75, 3.05) is 9.80 Å². The summed E-state index contributed by atoms with van der Waals surface area (Å²) in [6.45, 7) is 16.0. The molecule has 0 saturated carbocycles. The van der Waals surface area contributed by atoms with Gasteiger partial charge in [0.15, 0.2) is 0 Å². The van der Waals surface area contributed by atoms with Gasteiger partial charge in [-0.15, -0.1) is 0 Å². The largest absolute Gasteiger partial charge is 0.310 e. The van der Waals surface area contributed by atoms with Crippen molar-refractivity contribution in [1.82, 2.24) is 0 Å². The predicted octanol–water partition coefficient (Wildman–Crippen LogP) is 14.0. The molecule has 0 saturated heterocycles. The second kappa shape index (κ2) is 15.2. The fourth-order valence-electron chi connectivity index (χ4n) is 6.94. The maximum atomic E-state index is 2.53. The first-order chi connectivity index (χ1) is 23.8. The summed E-state index contributed by atoms with van der Waals surface area (Å²) >= 11 is 0. The van der Waals surface area contributed by atoms with Gasteiger partial charge in [-0.25, -0.2) is 0 Å². The van der Waals surface area contributed by atoms with E-state index in [1.807, 2.05) is 0 Å². The summed E-state index contributed by atoms with van der Waals surface area (Å²) in [5.41, 5.74) is 12.5. The Morgan fingerprint density at radius 3 is 1.94 bits per heavy atom. The van der Waals surface area contributed by atoms with Crippen molar-refractivity contribution in [3.05, 3.63) is 155 Å². The van der Waals surface area contributed by atoms with Gasteiger partial charge in [0.25, 0.3) is 0 Å². The van der Waals surface area contributed by atoms with Gasteiger partial charge >= 0.3 is 0 Å². The van der Waals surface area contributed by atoms with Gasteiger partial charge in [0.05, 0.1) is 11.4 Å². The summed E-state index contributed by atoms with van der Waals surface area (Å²) in [6, 6.07) is 38.1. The molecule has 5 aromatic carbocycles. The van der Waals surface area contributed by atoms with E-state index in [0.717, 1.165) is 30.6 Å². The third-order valence-electron chi connectivity index (χ3n) is 9.65. The zero-order valence-electron chi connectivity index (χ0n) is 30.4. The van der Waals surface area contributed by atoms with Crippen LogP contribution in [0, 0.1) is 18.8 Å². The van der Waals surface area contributed by atoms with Crippen LogP contribution in [0.1, 0.15) is 82.6 Å². The van der Waals surface area contributed by atoms with E-state index in [-0.39, 0.29) is 0 Å². The van der Waals surface area contributed by atoms with Crippen molar-refractivity contribution in [2.45, 2.75) is 73.6 Å². The highest BCUT2D eigenvalue weighted by molar-refractivity contribution is 6.11. The van der Waals surface area contributed by atoms with Crippen molar-refractivity contribution in [2.24, 2.45) is 11.8 Å². The lowest BCUT2D eigenvalue weighted by Crippen LogP contribution is -2.21. The van der Waals surface area contributed by atoms with Crippen LogP contribution in [-0.2, 0) is 6.42 Å². The van der Waals surface area contributed by atoms with Gasteiger partial charge in [0, 0.05) is 39.1 Å². The molecular weight excluding hydrogens is 593 g/mol.